The van der Waals surface area contributed by atoms with Crippen LogP contribution < -0.4 is 0 Å². The maximum absolute atomic E-state index is 5.66. The Bertz CT molecular complexity index is 395. The highest BCUT2D eigenvalue weighted by Crippen LogP contribution is 2.18. The number of rotatable bonds is 3. The monoisotopic (exact) mass is 217 g/mol. The van der Waals surface area contributed by atoms with Crippen LogP contribution in [0.5, 0.6) is 0 Å². The smallest absolute Gasteiger partial charge is 0.216 e. The van der Waals surface area contributed by atoms with E-state index >= 15 is 0 Å². The second-order valence-corrected chi connectivity index (χ2v) is 4.90. The van der Waals surface area contributed by atoms with Gasteiger partial charge in [0.2, 0.25) is 5.90 Å². The van der Waals surface area contributed by atoms with Crippen LogP contribution in [-0.2, 0) is 4.74 Å². The Kier molecular flexibility index (Phi) is 3.28. The second kappa shape index (κ2) is 4.69. The highest BCUT2D eigenvalue weighted by Gasteiger charge is 2.20. The molecule has 1 aliphatic heterocycles. The van der Waals surface area contributed by atoms with E-state index in [2.05, 4.69) is 44.0 Å². The van der Waals surface area contributed by atoms with E-state index in [9.17, 15) is 0 Å². The van der Waals surface area contributed by atoms with E-state index in [0.717, 1.165) is 24.5 Å². The first-order valence-corrected chi connectivity index (χ1v) is 5.93. The van der Waals surface area contributed by atoms with Gasteiger partial charge in [-0.3, -0.25) is 0 Å². The number of benzene rings is 1. The van der Waals surface area contributed by atoms with Crippen LogP contribution in [0.4, 0.5) is 0 Å². The summed E-state index contributed by atoms with van der Waals surface area (Å²) >= 11 is 0. The van der Waals surface area contributed by atoms with Crippen molar-refractivity contribution < 1.29 is 4.74 Å². The first-order chi connectivity index (χ1) is 7.65. The standard InChI is InChI=1S/C14H19NO/c1-10(2)7-13-9-16-14(15-13)12-6-4-5-11(3)8-12/h4-6,8,10,13H,7,9H2,1-3H3/t13-/m0/s1. The average molecular weight is 217 g/mol. The summed E-state index contributed by atoms with van der Waals surface area (Å²) in [6.45, 7) is 7.27. The molecule has 86 valence electrons. The molecule has 2 rings (SSSR count). The molecule has 0 saturated carbocycles. The van der Waals surface area contributed by atoms with Crippen LogP contribution >= 0.6 is 0 Å². The van der Waals surface area contributed by atoms with E-state index in [0.29, 0.717) is 12.0 Å². The molecule has 1 heterocycles. The Labute approximate surface area is 97.4 Å². The van der Waals surface area contributed by atoms with Crippen molar-refractivity contribution in [3.63, 3.8) is 0 Å². The minimum Gasteiger partial charge on any atom is -0.475 e. The summed E-state index contributed by atoms with van der Waals surface area (Å²) in [6.07, 6.45) is 1.11. The maximum atomic E-state index is 5.66. The lowest BCUT2D eigenvalue weighted by molar-refractivity contribution is 0.301. The molecule has 16 heavy (non-hydrogen) atoms. The van der Waals surface area contributed by atoms with E-state index in [4.69, 9.17) is 4.74 Å². The number of nitrogens with zero attached hydrogens (tertiary/aromatic N) is 1. The Hall–Kier alpha value is -1.31. The lowest BCUT2D eigenvalue weighted by Crippen LogP contribution is -2.09. The number of ether oxygens (including phenoxy) is 1. The van der Waals surface area contributed by atoms with E-state index in [1.807, 2.05) is 6.07 Å². The zero-order valence-corrected chi connectivity index (χ0v) is 10.2. The maximum Gasteiger partial charge on any atom is 0.216 e. The van der Waals surface area contributed by atoms with Gasteiger partial charge in [-0.1, -0.05) is 31.5 Å². The number of aryl methyl sites for hydroxylation is 1. The molecule has 1 aromatic carbocycles. The van der Waals surface area contributed by atoms with E-state index in [1.165, 1.54) is 5.56 Å². The van der Waals surface area contributed by atoms with Crippen LogP contribution in [-0.4, -0.2) is 18.5 Å². The molecule has 2 nitrogen and oxygen atoms in total. The fraction of sp³-hybridized carbons (Fsp3) is 0.500. The predicted octanol–water partition coefficient (Wildman–Crippen LogP) is 3.19. The first-order valence-electron chi connectivity index (χ1n) is 5.93. The van der Waals surface area contributed by atoms with Crippen LogP contribution in [0.15, 0.2) is 29.3 Å². The van der Waals surface area contributed by atoms with Crippen molar-refractivity contribution in [3.8, 4) is 0 Å². The van der Waals surface area contributed by atoms with Crippen molar-refractivity contribution in [2.45, 2.75) is 33.2 Å². The number of hydrogen-bond donors (Lipinski definition) is 0. The predicted molar refractivity (Wildman–Crippen MR) is 66.9 cm³/mol. The molecule has 0 amide bonds. The molecule has 2 heteroatoms. The van der Waals surface area contributed by atoms with Gasteiger partial charge in [-0.15, -0.1) is 0 Å². The van der Waals surface area contributed by atoms with Crippen LogP contribution in [0, 0.1) is 12.8 Å². The first kappa shape index (κ1) is 11.2. The van der Waals surface area contributed by atoms with Crippen molar-refractivity contribution in [1.29, 1.82) is 0 Å². The second-order valence-electron chi connectivity index (χ2n) is 4.90. The molecule has 0 saturated heterocycles. The van der Waals surface area contributed by atoms with Crippen molar-refractivity contribution in [2.75, 3.05) is 6.61 Å². The molecule has 0 spiro atoms. The fourth-order valence-corrected chi connectivity index (χ4v) is 2.02. The van der Waals surface area contributed by atoms with E-state index in [-0.39, 0.29) is 0 Å². The molecule has 0 N–H and O–H groups in total. The van der Waals surface area contributed by atoms with Gasteiger partial charge in [0.15, 0.2) is 0 Å². The van der Waals surface area contributed by atoms with Crippen LogP contribution in [0.3, 0.4) is 0 Å². The zero-order chi connectivity index (χ0) is 11.5. The molecule has 0 unspecified atom stereocenters. The summed E-state index contributed by atoms with van der Waals surface area (Å²) in [5, 5.41) is 0. The highest BCUT2D eigenvalue weighted by molar-refractivity contribution is 5.95. The lowest BCUT2D eigenvalue weighted by Gasteiger charge is -2.06. The van der Waals surface area contributed by atoms with Gasteiger partial charge in [-0.05, 0) is 31.4 Å². The van der Waals surface area contributed by atoms with Crippen LogP contribution in [0.25, 0.3) is 0 Å². The number of aliphatic imine (C=N–C) groups is 1. The molecule has 0 aromatic heterocycles. The Morgan fingerprint density at radius 3 is 2.94 bits per heavy atom. The van der Waals surface area contributed by atoms with Crippen molar-refractivity contribution >= 4 is 5.90 Å². The van der Waals surface area contributed by atoms with Crippen molar-refractivity contribution in [1.82, 2.24) is 0 Å². The fourth-order valence-electron chi connectivity index (χ4n) is 2.02. The van der Waals surface area contributed by atoms with Crippen molar-refractivity contribution in [3.05, 3.63) is 35.4 Å². The number of hydrogen-bond acceptors (Lipinski definition) is 2. The molecule has 1 aliphatic rings. The Balaban J connectivity index is 2.11. The molecule has 1 aromatic rings. The SMILES string of the molecule is Cc1cccc(C2=N[C@@H](CC(C)C)CO2)c1. The van der Waals surface area contributed by atoms with Gasteiger partial charge in [0, 0.05) is 5.56 Å². The Morgan fingerprint density at radius 2 is 2.25 bits per heavy atom. The molecule has 0 fully saturated rings. The third kappa shape index (κ3) is 2.63. The molecule has 0 bridgehead atoms. The topological polar surface area (TPSA) is 21.6 Å². The van der Waals surface area contributed by atoms with Gasteiger partial charge >= 0.3 is 0 Å². The molecule has 1 atom stereocenters. The van der Waals surface area contributed by atoms with Gasteiger partial charge < -0.3 is 4.74 Å². The quantitative estimate of drug-likeness (QED) is 0.762. The van der Waals surface area contributed by atoms with Gasteiger partial charge in [0.1, 0.15) is 6.61 Å². The minimum absolute atomic E-state index is 0.343. The zero-order valence-electron chi connectivity index (χ0n) is 10.2. The third-order valence-electron chi connectivity index (χ3n) is 2.72. The van der Waals surface area contributed by atoms with Crippen LogP contribution in [0.2, 0.25) is 0 Å². The van der Waals surface area contributed by atoms with Crippen molar-refractivity contribution in [2.24, 2.45) is 10.9 Å². The summed E-state index contributed by atoms with van der Waals surface area (Å²) in [5.74, 6) is 1.49. The van der Waals surface area contributed by atoms with Gasteiger partial charge in [0.05, 0.1) is 6.04 Å². The summed E-state index contributed by atoms with van der Waals surface area (Å²) in [5.41, 5.74) is 2.35. The summed E-state index contributed by atoms with van der Waals surface area (Å²) in [4.78, 5) is 4.63. The van der Waals surface area contributed by atoms with E-state index in [1.54, 1.807) is 0 Å². The lowest BCUT2D eigenvalue weighted by atomic mass is 10.1. The normalized spacial score (nSPS) is 19.8. The summed E-state index contributed by atoms with van der Waals surface area (Å²) < 4.78 is 5.66. The molecular formula is C14H19NO. The largest absolute Gasteiger partial charge is 0.475 e. The Morgan fingerprint density at radius 1 is 1.44 bits per heavy atom. The third-order valence-corrected chi connectivity index (χ3v) is 2.72. The molecular weight excluding hydrogens is 198 g/mol. The minimum atomic E-state index is 0.343. The molecule has 0 aliphatic carbocycles. The van der Waals surface area contributed by atoms with Gasteiger partial charge in [-0.25, -0.2) is 4.99 Å². The summed E-state index contributed by atoms with van der Waals surface area (Å²) in [7, 11) is 0. The van der Waals surface area contributed by atoms with Gasteiger partial charge in [-0.2, -0.15) is 0 Å². The summed E-state index contributed by atoms with van der Waals surface area (Å²) in [6, 6.07) is 8.66. The average Bonchev–Trinajstić information content (AvgIpc) is 2.65. The van der Waals surface area contributed by atoms with Crippen LogP contribution in [0.1, 0.15) is 31.4 Å². The van der Waals surface area contributed by atoms with Gasteiger partial charge in [0.25, 0.3) is 0 Å². The van der Waals surface area contributed by atoms with E-state index < -0.39 is 0 Å². The highest BCUT2D eigenvalue weighted by atomic mass is 16.5. The molecule has 0 radical (unpaired) electrons.